The van der Waals surface area contributed by atoms with E-state index in [0.29, 0.717) is 5.92 Å². The van der Waals surface area contributed by atoms with Crippen LogP contribution in [0.5, 0.6) is 0 Å². The third kappa shape index (κ3) is 4.92. The van der Waals surface area contributed by atoms with Gasteiger partial charge in [0.15, 0.2) is 0 Å². The van der Waals surface area contributed by atoms with Crippen molar-refractivity contribution in [1.29, 1.82) is 0 Å². The summed E-state index contributed by atoms with van der Waals surface area (Å²) in [5.74, 6) is 0.639. The van der Waals surface area contributed by atoms with E-state index in [2.05, 4.69) is 41.8 Å². The number of benzene rings is 1. The van der Waals surface area contributed by atoms with Crippen LogP contribution in [-0.2, 0) is 6.54 Å². The molecule has 2 nitrogen and oxygen atoms in total. The summed E-state index contributed by atoms with van der Waals surface area (Å²) in [6, 6.07) is 8.87. The molecule has 0 fully saturated rings. The third-order valence-electron chi connectivity index (χ3n) is 4.30. The smallest absolute Gasteiger partial charge is 0.0208 e. The zero-order valence-corrected chi connectivity index (χ0v) is 13.0. The molecule has 0 saturated heterocycles. The maximum absolute atomic E-state index is 3.65. The van der Waals surface area contributed by atoms with Gasteiger partial charge in [0.2, 0.25) is 0 Å². The molecule has 0 bridgehead atoms. The van der Waals surface area contributed by atoms with Gasteiger partial charge in [-0.15, -0.1) is 0 Å². The average molecular weight is 274 g/mol. The quantitative estimate of drug-likeness (QED) is 0.669. The lowest BCUT2D eigenvalue weighted by molar-refractivity contribution is 0.492. The van der Waals surface area contributed by atoms with E-state index in [1.54, 1.807) is 5.56 Å². The Hall–Kier alpha value is -0.860. The van der Waals surface area contributed by atoms with Crippen molar-refractivity contribution in [3.8, 4) is 0 Å². The van der Waals surface area contributed by atoms with Crippen LogP contribution in [0.2, 0.25) is 0 Å². The number of nitrogens with one attached hydrogen (secondary N) is 2. The molecule has 1 aliphatic heterocycles. The molecule has 1 unspecified atom stereocenters. The Balaban J connectivity index is 1.61. The Morgan fingerprint density at radius 2 is 1.90 bits per heavy atom. The summed E-state index contributed by atoms with van der Waals surface area (Å²) in [5, 5.41) is 7.17. The SMILES string of the molecule is CCCCCCCCNCC1CNCc2ccccc21. The summed E-state index contributed by atoms with van der Waals surface area (Å²) in [6.07, 6.45) is 8.27. The monoisotopic (exact) mass is 274 g/mol. The first-order valence-corrected chi connectivity index (χ1v) is 8.41. The maximum atomic E-state index is 3.65. The van der Waals surface area contributed by atoms with Crippen molar-refractivity contribution in [2.24, 2.45) is 0 Å². The molecule has 1 aromatic carbocycles. The Labute approximate surface area is 124 Å². The Morgan fingerprint density at radius 1 is 1.10 bits per heavy atom. The van der Waals surface area contributed by atoms with Crippen LogP contribution in [0.1, 0.15) is 62.5 Å². The molecule has 0 radical (unpaired) electrons. The van der Waals surface area contributed by atoms with Gasteiger partial charge in [-0.05, 0) is 24.1 Å². The lowest BCUT2D eigenvalue weighted by Crippen LogP contribution is -2.34. The van der Waals surface area contributed by atoms with E-state index in [-0.39, 0.29) is 0 Å². The highest BCUT2D eigenvalue weighted by molar-refractivity contribution is 5.32. The van der Waals surface area contributed by atoms with Crippen molar-refractivity contribution < 1.29 is 0 Å². The fraction of sp³-hybridized carbons (Fsp3) is 0.667. The second-order valence-electron chi connectivity index (χ2n) is 6.00. The molecule has 20 heavy (non-hydrogen) atoms. The van der Waals surface area contributed by atoms with Crippen LogP contribution in [0.3, 0.4) is 0 Å². The second-order valence-corrected chi connectivity index (χ2v) is 6.00. The number of rotatable bonds is 9. The standard InChI is InChI=1S/C18H30N2/c1-2-3-4-5-6-9-12-19-14-17-15-20-13-16-10-7-8-11-18(16)17/h7-8,10-11,17,19-20H,2-6,9,12-15H2,1H3. The van der Waals surface area contributed by atoms with E-state index in [0.717, 1.165) is 19.6 Å². The molecular weight excluding hydrogens is 244 g/mol. The summed E-state index contributed by atoms with van der Waals surface area (Å²) < 4.78 is 0. The van der Waals surface area contributed by atoms with Gasteiger partial charge in [0.1, 0.15) is 0 Å². The number of hydrogen-bond donors (Lipinski definition) is 2. The summed E-state index contributed by atoms with van der Waals surface area (Å²) in [6.45, 7) is 6.70. The fourth-order valence-electron chi connectivity index (χ4n) is 3.07. The van der Waals surface area contributed by atoms with E-state index >= 15 is 0 Å². The first kappa shape index (κ1) is 15.5. The van der Waals surface area contributed by atoms with Crippen LogP contribution in [0.15, 0.2) is 24.3 Å². The van der Waals surface area contributed by atoms with Gasteiger partial charge in [-0.1, -0.05) is 63.3 Å². The van der Waals surface area contributed by atoms with Gasteiger partial charge in [0.05, 0.1) is 0 Å². The molecule has 112 valence electrons. The minimum absolute atomic E-state index is 0.639. The molecule has 0 aliphatic carbocycles. The van der Waals surface area contributed by atoms with E-state index in [1.807, 2.05) is 0 Å². The van der Waals surface area contributed by atoms with Crippen molar-refractivity contribution >= 4 is 0 Å². The van der Waals surface area contributed by atoms with Gasteiger partial charge in [-0.3, -0.25) is 0 Å². The molecule has 0 aromatic heterocycles. The minimum Gasteiger partial charge on any atom is -0.316 e. The highest BCUT2D eigenvalue weighted by Crippen LogP contribution is 2.22. The van der Waals surface area contributed by atoms with Crippen molar-refractivity contribution in [3.63, 3.8) is 0 Å². The van der Waals surface area contributed by atoms with E-state index in [4.69, 9.17) is 0 Å². The normalized spacial score (nSPS) is 17.9. The molecule has 2 heteroatoms. The van der Waals surface area contributed by atoms with Crippen molar-refractivity contribution in [1.82, 2.24) is 10.6 Å². The molecular formula is C18H30N2. The first-order chi connectivity index (χ1) is 9.92. The molecule has 2 rings (SSSR count). The predicted octanol–water partition coefficient (Wildman–Crippen LogP) is 3.82. The highest BCUT2D eigenvalue weighted by Gasteiger charge is 2.18. The maximum Gasteiger partial charge on any atom is 0.0208 e. The van der Waals surface area contributed by atoms with E-state index in [9.17, 15) is 0 Å². The summed E-state index contributed by atoms with van der Waals surface area (Å²) in [5.41, 5.74) is 3.02. The topological polar surface area (TPSA) is 24.1 Å². The van der Waals surface area contributed by atoms with Crippen LogP contribution in [0.4, 0.5) is 0 Å². The summed E-state index contributed by atoms with van der Waals surface area (Å²) >= 11 is 0. The summed E-state index contributed by atoms with van der Waals surface area (Å²) in [4.78, 5) is 0. The number of hydrogen-bond acceptors (Lipinski definition) is 2. The number of fused-ring (bicyclic) bond motifs is 1. The van der Waals surface area contributed by atoms with Crippen LogP contribution in [-0.4, -0.2) is 19.6 Å². The Kier molecular flexibility index (Phi) is 7.10. The van der Waals surface area contributed by atoms with Crippen LogP contribution >= 0.6 is 0 Å². The molecule has 0 amide bonds. The zero-order chi connectivity index (χ0) is 14.0. The van der Waals surface area contributed by atoms with Gasteiger partial charge in [-0.25, -0.2) is 0 Å². The third-order valence-corrected chi connectivity index (χ3v) is 4.30. The predicted molar refractivity (Wildman–Crippen MR) is 87.1 cm³/mol. The average Bonchev–Trinajstić information content (AvgIpc) is 2.50. The fourth-order valence-corrected chi connectivity index (χ4v) is 3.07. The van der Waals surface area contributed by atoms with Gasteiger partial charge >= 0.3 is 0 Å². The van der Waals surface area contributed by atoms with Crippen LogP contribution in [0.25, 0.3) is 0 Å². The van der Waals surface area contributed by atoms with E-state index < -0.39 is 0 Å². The van der Waals surface area contributed by atoms with Gasteiger partial charge in [0.25, 0.3) is 0 Å². The van der Waals surface area contributed by atoms with Gasteiger partial charge < -0.3 is 10.6 Å². The van der Waals surface area contributed by atoms with Crippen LogP contribution < -0.4 is 10.6 Å². The first-order valence-electron chi connectivity index (χ1n) is 8.41. The minimum atomic E-state index is 0.639. The van der Waals surface area contributed by atoms with Crippen molar-refractivity contribution in [2.75, 3.05) is 19.6 Å². The molecule has 1 aliphatic rings. The van der Waals surface area contributed by atoms with Crippen molar-refractivity contribution in [2.45, 2.75) is 57.9 Å². The largest absolute Gasteiger partial charge is 0.316 e. The lowest BCUT2D eigenvalue weighted by atomic mass is 9.91. The molecule has 2 N–H and O–H groups in total. The molecule has 1 atom stereocenters. The second kappa shape index (κ2) is 9.15. The summed E-state index contributed by atoms with van der Waals surface area (Å²) in [7, 11) is 0. The van der Waals surface area contributed by atoms with Gasteiger partial charge in [0, 0.05) is 25.6 Å². The lowest BCUT2D eigenvalue weighted by Gasteiger charge is -2.26. The molecule has 1 aromatic rings. The van der Waals surface area contributed by atoms with Gasteiger partial charge in [-0.2, -0.15) is 0 Å². The molecule has 0 spiro atoms. The number of unbranched alkanes of at least 4 members (excludes halogenated alkanes) is 5. The van der Waals surface area contributed by atoms with Crippen molar-refractivity contribution in [3.05, 3.63) is 35.4 Å². The Morgan fingerprint density at radius 3 is 2.80 bits per heavy atom. The van der Waals surface area contributed by atoms with E-state index in [1.165, 1.54) is 50.6 Å². The Bertz CT molecular complexity index is 375. The highest BCUT2D eigenvalue weighted by atomic mass is 14.9. The molecule has 0 saturated carbocycles. The van der Waals surface area contributed by atoms with Crippen LogP contribution in [0, 0.1) is 0 Å². The zero-order valence-electron chi connectivity index (χ0n) is 13.0. The molecule has 1 heterocycles.